The van der Waals surface area contributed by atoms with Gasteiger partial charge in [0.2, 0.25) is 0 Å². The number of aromatic nitrogens is 2. The molecule has 1 fully saturated rings. The van der Waals surface area contributed by atoms with Gasteiger partial charge in [-0.2, -0.15) is 5.10 Å². The van der Waals surface area contributed by atoms with E-state index < -0.39 is 5.97 Å². The lowest BCUT2D eigenvalue weighted by Gasteiger charge is -2.32. The minimum Gasteiger partial charge on any atom is -0.484 e. The topological polar surface area (TPSA) is 84.7 Å². The monoisotopic (exact) mass is 391 g/mol. The molecule has 0 unspecified atom stereocenters. The fourth-order valence-electron chi connectivity index (χ4n) is 3.25. The van der Waals surface area contributed by atoms with Crippen LogP contribution in [-0.2, 0) is 4.79 Å². The van der Waals surface area contributed by atoms with Gasteiger partial charge in [-0.15, -0.1) is 0 Å². The zero-order chi connectivity index (χ0) is 19.6. The third kappa shape index (κ3) is 4.42. The lowest BCUT2D eigenvalue weighted by Crippen LogP contribution is -2.41. The Morgan fingerprint density at radius 1 is 1.26 bits per heavy atom. The molecule has 1 aromatic heterocycles. The second-order valence-electron chi connectivity index (χ2n) is 6.79. The number of ether oxygens (including phenoxy) is 1. The number of aryl methyl sites for hydroxylation is 2. The molecule has 7 nitrogen and oxygen atoms in total. The zero-order valence-corrected chi connectivity index (χ0v) is 16.1. The van der Waals surface area contributed by atoms with E-state index in [4.69, 9.17) is 21.4 Å². The van der Waals surface area contributed by atoms with Crippen molar-refractivity contribution in [2.24, 2.45) is 0 Å². The predicted molar refractivity (Wildman–Crippen MR) is 100 cm³/mol. The van der Waals surface area contributed by atoms with Gasteiger partial charge < -0.3 is 14.7 Å². The first kappa shape index (κ1) is 19.2. The second kappa shape index (κ2) is 8.00. The fourth-order valence-corrected chi connectivity index (χ4v) is 3.36. The van der Waals surface area contributed by atoms with Crippen molar-refractivity contribution in [1.82, 2.24) is 14.7 Å². The van der Waals surface area contributed by atoms with E-state index in [1.807, 2.05) is 26.0 Å². The van der Waals surface area contributed by atoms with Gasteiger partial charge in [-0.3, -0.25) is 9.48 Å². The van der Waals surface area contributed by atoms with Gasteiger partial charge >= 0.3 is 5.97 Å². The molecule has 8 heteroatoms. The van der Waals surface area contributed by atoms with Gasteiger partial charge in [0.15, 0.2) is 6.61 Å². The number of hydrogen-bond donors (Lipinski definition) is 1. The molecule has 3 rings (SSSR count). The van der Waals surface area contributed by atoms with Crippen LogP contribution in [0, 0.1) is 13.8 Å². The lowest BCUT2D eigenvalue weighted by molar-refractivity contribution is -0.134. The van der Waals surface area contributed by atoms with E-state index in [0.29, 0.717) is 23.9 Å². The molecule has 0 bridgehead atoms. The van der Waals surface area contributed by atoms with Crippen molar-refractivity contribution in [3.63, 3.8) is 0 Å². The molecule has 0 atom stereocenters. The number of likely N-dealkylation sites (tertiary alicyclic amines) is 1. The highest BCUT2D eigenvalue weighted by Gasteiger charge is 2.25. The number of nitrogens with zero attached hydrogens (tertiary/aromatic N) is 3. The lowest BCUT2D eigenvalue weighted by atomic mass is 10.1. The van der Waals surface area contributed by atoms with Crippen molar-refractivity contribution in [3.8, 4) is 5.75 Å². The highest BCUT2D eigenvalue weighted by Crippen LogP contribution is 2.26. The van der Waals surface area contributed by atoms with Gasteiger partial charge in [-0.05, 0) is 49.9 Å². The Morgan fingerprint density at radius 3 is 2.44 bits per heavy atom. The number of halogens is 1. The van der Waals surface area contributed by atoms with Crippen LogP contribution in [0.5, 0.6) is 5.75 Å². The molecule has 1 saturated heterocycles. The number of carbonyl (C=O) groups excluding carboxylic acids is 1. The largest absolute Gasteiger partial charge is 0.484 e. The molecule has 27 heavy (non-hydrogen) atoms. The number of rotatable bonds is 5. The predicted octanol–water partition coefficient (Wildman–Crippen LogP) is 3.09. The first-order valence-corrected chi connectivity index (χ1v) is 9.17. The highest BCUT2D eigenvalue weighted by molar-refractivity contribution is 6.32. The quantitative estimate of drug-likeness (QED) is 0.846. The third-order valence-electron chi connectivity index (χ3n) is 4.81. The number of benzene rings is 1. The van der Waals surface area contributed by atoms with Crippen molar-refractivity contribution in [3.05, 3.63) is 46.2 Å². The Morgan fingerprint density at radius 2 is 1.89 bits per heavy atom. The summed E-state index contributed by atoms with van der Waals surface area (Å²) in [5.74, 6) is -0.417. The van der Waals surface area contributed by atoms with E-state index in [2.05, 4.69) is 5.10 Å². The van der Waals surface area contributed by atoms with Crippen molar-refractivity contribution in [1.29, 1.82) is 0 Å². The van der Waals surface area contributed by atoms with Crippen LogP contribution in [0.15, 0.2) is 24.5 Å². The second-order valence-corrected chi connectivity index (χ2v) is 7.16. The summed E-state index contributed by atoms with van der Waals surface area (Å²) in [7, 11) is 0. The number of carbonyl (C=O) groups is 2. The molecular formula is C19H22ClN3O4. The summed E-state index contributed by atoms with van der Waals surface area (Å²) in [6.45, 7) is 4.97. The summed E-state index contributed by atoms with van der Waals surface area (Å²) in [6.07, 6.45) is 4.35. The highest BCUT2D eigenvalue weighted by atomic mass is 35.5. The summed E-state index contributed by atoms with van der Waals surface area (Å²) in [5, 5.41) is 13.8. The summed E-state index contributed by atoms with van der Waals surface area (Å²) in [4.78, 5) is 25.2. The Kier molecular flexibility index (Phi) is 5.70. The van der Waals surface area contributed by atoms with E-state index in [9.17, 15) is 9.59 Å². The Hall–Kier alpha value is -2.54. The number of carboxylic acid groups (broad SMARTS) is 1. The molecule has 1 N–H and O–H groups in total. The number of carboxylic acids is 1. The summed E-state index contributed by atoms with van der Waals surface area (Å²) < 4.78 is 7.33. The van der Waals surface area contributed by atoms with Crippen molar-refractivity contribution < 1.29 is 19.4 Å². The zero-order valence-electron chi connectivity index (χ0n) is 15.3. The van der Waals surface area contributed by atoms with Crippen molar-refractivity contribution in [2.75, 3.05) is 19.7 Å². The number of hydrogen-bond acceptors (Lipinski definition) is 4. The van der Waals surface area contributed by atoms with E-state index in [-0.39, 0.29) is 24.1 Å². The molecule has 1 aromatic carbocycles. The molecule has 2 heterocycles. The van der Waals surface area contributed by atoms with Crippen LogP contribution in [0.3, 0.4) is 0 Å². The number of amides is 1. The minimum atomic E-state index is -0.987. The van der Waals surface area contributed by atoms with E-state index >= 15 is 0 Å². The normalized spacial score (nSPS) is 15.0. The van der Waals surface area contributed by atoms with Crippen LogP contribution in [-0.4, -0.2) is 51.4 Å². The minimum absolute atomic E-state index is 0.0177. The van der Waals surface area contributed by atoms with Crippen LogP contribution in [0.25, 0.3) is 0 Å². The SMILES string of the molecule is Cc1cc(OCC(=O)N2CCC(n3cc(C(=O)O)cn3)CC2)cc(C)c1Cl. The first-order valence-electron chi connectivity index (χ1n) is 8.80. The average Bonchev–Trinajstić information content (AvgIpc) is 3.14. The van der Waals surface area contributed by atoms with Crippen LogP contribution in [0.1, 0.15) is 40.4 Å². The molecule has 0 saturated carbocycles. The standard InChI is InChI=1S/C19H22ClN3O4/c1-12-7-16(8-13(2)18(12)20)27-11-17(24)22-5-3-15(4-6-22)23-10-14(9-21-23)19(25)26/h7-10,15H,3-6,11H2,1-2H3,(H,25,26). The smallest absolute Gasteiger partial charge is 0.338 e. The maximum atomic E-state index is 12.4. The van der Waals surface area contributed by atoms with Gasteiger partial charge in [0.1, 0.15) is 5.75 Å². The Bertz CT molecular complexity index is 833. The maximum absolute atomic E-state index is 12.4. The van der Waals surface area contributed by atoms with Crippen molar-refractivity contribution >= 4 is 23.5 Å². The molecule has 0 radical (unpaired) electrons. The van der Waals surface area contributed by atoms with Crippen LogP contribution >= 0.6 is 11.6 Å². The first-order chi connectivity index (χ1) is 12.8. The molecule has 0 aliphatic carbocycles. The van der Waals surface area contributed by atoms with Crippen LogP contribution in [0.4, 0.5) is 0 Å². The number of aromatic carboxylic acids is 1. The number of piperidine rings is 1. The van der Waals surface area contributed by atoms with Crippen molar-refractivity contribution in [2.45, 2.75) is 32.7 Å². The van der Waals surface area contributed by atoms with Gasteiger partial charge in [0.25, 0.3) is 5.91 Å². The summed E-state index contributed by atoms with van der Waals surface area (Å²) in [6, 6.07) is 3.75. The summed E-state index contributed by atoms with van der Waals surface area (Å²) in [5.41, 5.74) is 2.01. The third-order valence-corrected chi connectivity index (χ3v) is 5.41. The van der Waals surface area contributed by atoms with E-state index in [1.165, 1.54) is 6.20 Å². The molecule has 1 aliphatic rings. The van der Waals surface area contributed by atoms with Gasteiger partial charge in [-0.25, -0.2) is 4.79 Å². The van der Waals surface area contributed by atoms with Crippen LogP contribution in [0.2, 0.25) is 5.02 Å². The molecule has 2 aromatic rings. The van der Waals surface area contributed by atoms with E-state index in [0.717, 1.165) is 24.0 Å². The van der Waals surface area contributed by atoms with Gasteiger partial charge in [-0.1, -0.05) is 11.6 Å². The molecule has 1 aliphatic heterocycles. The summed E-state index contributed by atoms with van der Waals surface area (Å²) >= 11 is 6.15. The molecular weight excluding hydrogens is 370 g/mol. The van der Waals surface area contributed by atoms with E-state index in [1.54, 1.807) is 15.8 Å². The molecule has 1 amide bonds. The average molecular weight is 392 g/mol. The maximum Gasteiger partial charge on any atom is 0.338 e. The Balaban J connectivity index is 1.51. The Labute approximate surface area is 162 Å². The van der Waals surface area contributed by atoms with Gasteiger partial charge in [0.05, 0.1) is 17.8 Å². The van der Waals surface area contributed by atoms with Crippen LogP contribution < -0.4 is 4.74 Å². The molecule has 144 valence electrons. The fraction of sp³-hybridized carbons (Fsp3) is 0.421. The molecule has 0 spiro atoms. The van der Waals surface area contributed by atoms with Gasteiger partial charge in [0, 0.05) is 24.3 Å².